The smallest absolute Gasteiger partial charge is 0.325 e. The molecule has 0 heterocycles. The molecule has 0 aliphatic rings. The molecule has 0 rings (SSSR count). The summed E-state index contributed by atoms with van der Waals surface area (Å²) < 4.78 is 0. The van der Waals surface area contributed by atoms with E-state index in [2.05, 4.69) is 20.9 Å². The monoisotopic (exact) mass is 417 g/mol. The van der Waals surface area contributed by atoms with Gasteiger partial charge in [0.25, 0.3) is 0 Å². The third kappa shape index (κ3) is 10.3. The van der Waals surface area contributed by atoms with Gasteiger partial charge < -0.3 is 43.4 Å². The highest BCUT2D eigenvalue weighted by molar-refractivity contribution is 5.94. The Morgan fingerprint density at radius 2 is 1.48 bits per heavy atom. The number of nitrogens with zero attached hydrogens (tertiary/aromatic N) is 1. The van der Waals surface area contributed by atoms with E-state index >= 15 is 0 Å². The van der Waals surface area contributed by atoms with Gasteiger partial charge in [-0.1, -0.05) is 0 Å². The summed E-state index contributed by atoms with van der Waals surface area (Å²) in [4.78, 5) is 51.0. The molecule has 0 aliphatic heterocycles. The summed E-state index contributed by atoms with van der Waals surface area (Å²) in [5.74, 6) is -3.55. The van der Waals surface area contributed by atoms with Crippen molar-refractivity contribution in [3.05, 3.63) is 0 Å². The van der Waals surface area contributed by atoms with Crippen LogP contribution in [0.25, 0.3) is 0 Å². The Morgan fingerprint density at radius 3 is 1.97 bits per heavy atom. The number of carbonyl (C=O) groups is 4. The lowest BCUT2D eigenvalue weighted by atomic mass is 10.1. The van der Waals surface area contributed by atoms with E-state index in [1.807, 2.05) is 0 Å². The molecule has 0 aromatic rings. The van der Waals surface area contributed by atoms with Crippen molar-refractivity contribution in [3.63, 3.8) is 0 Å². The molecule has 29 heavy (non-hydrogen) atoms. The molecular weight excluding hydrogens is 386 g/mol. The van der Waals surface area contributed by atoms with Crippen LogP contribution >= 0.6 is 0 Å². The first-order valence-corrected chi connectivity index (χ1v) is 8.99. The number of aliphatic hydroxyl groups is 1. The first kappa shape index (κ1) is 26.1. The summed E-state index contributed by atoms with van der Waals surface area (Å²) in [5.41, 5.74) is 16.1. The molecule has 13 heteroatoms. The van der Waals surface area contributed by atoms with E-state index in [4.69, 9.17) is 22.3 Å². The van der Waals surface area contributed by atoms with E-state index in [0.29, 0.717) is 6.42 Å². The summed E-state index contributed by atoms with van der Waals surface area (Å²) in [7, 11) is 0. The Kier molecular flexibility index (Phi) is 11.2. The van der Waals surface area contributed by atoms with Gasteiger partial charge in [0.2, 0.25) is 17.7 Å². The maximum atomic E-state index is 12.3. The van der Waals surface area contributed by atoms with Crippen molar-refractivity contribution in [2.24, 2.45) is 22.2 Å². The van der Waals surface area contributed by atoms with Gasteiger partial charge in [0, 0.05) is 6.54 Å². The molecule has 0 fully saturated rings. The average Bonchev–Trinajstić information content (AvgIpc) is 2.61. The minimum atomic E-state index is -1.36. The third-order valence-corrected chi connectivity index (χ3v) is 3.85. The number of rotatable bonds is 12. The predicted octanol–water partition coefficient (Wildman–Crippen LogP) is -3.67. The van der Waals surface area contributed by atoms with Crippen LogP contribution in [0.5, 0.6) is 0 Å². The zero-order chi connectivity index (χ0) is 22.7. The van der Waals surface area contributed by atoms with Gasteiger partial charge in [-0.05, 0) is 33.6 Å². The van der Waals surface area contributed by atoms with Crippen molar-refractivity contribution >= 4 is 29.7 Å². The second-order valence-corrected chi connectivity index (χ2v) is 6.58. The fraction of sp³-hybridized carbons (Fsp3) is 0.688. The summed E-state index contributed by atoms with van der Waals surface area (Å²) >= 11 is 0. The molecule has 0 aromatic carbocycles. The number of carbonyl (C=O) groups excluding carboxylic acids is 3. The number of hydrogen-bond donors (Lipinski definition) is 8. The van der Waals surface area contributed by atoms with E-state index in [9.17, 15) is 24.3 Å². The zero-order valence-electron chi connectivity index (χ0n) is 16.7. The van der Waals surface area contributed by atoms with Crippen LogP contribution in [0.4, 0.5) is 0 Å². The average molecular weight is 417 g/mol. The molecule has 5 atom stereocenters. The van der Waals surface area contributed by atoms with Crippen molar-refractivity contribution in [1.29, 1.82) is 0 Å². The number of aliphatic hydroxyl groups excluding tert-OH is 1. The summed E-state index contributed by atoms with van der Waals surface area (Å²) in [6.45, 7) is 4.16. The zero-order valence-corrected chi connectivity index (χ0v) is 16.7. The minimum absolute atomic E-state index is 0.0789. The van der Waals surface area contributed by atoms with E-state index in [1.165, 1.54) is 20.8 Å². The minimum Gasteiger partial charge on any atom is -0.480 e. The molecule has 0 spiro atoms. The van der Waals surface area contributed by atoms with Crippen LogP contribution in [0, 0.1) is 0 Å². The third-order valence-electron chi connectivity index (χ3n) is 3.85. The molecule has 0 aromatic heterocycles. The fourth-order valence-corrected chi connectivity index (χ4v) is 2.08. The van der Waals surface area contributed by atoms with Crippen LogP contribution in [0.3, 0.4) is 0 Å². The Morgan fingerprint density at radius 1 is 0.931 bits per heavy atom. The Labute approximate surface area is 168 Å². The van der Waals surface area contributed by atoms with Crippen LogP contribution in [0.15, 0.2) is 4.99 Å². The van der Waals surface area contributed by atoms with Gasteiger partial charge in [-0.15, -0.1) is 0 Å². The maximum Gasteiger partial charge on any atom is 0.325 e. The van der Waals surface area contributed by atoms with E-state index in [-0.39, 0.29) is 18.9 Å². The first-order valence-electron chi connectivity index (χ1n) is 8.99. The van der Waals surface area contributed by atoms with Gasteiger partial charge in [-0.25, -0.2) is 0 Å². The molecule has 0 bridgehead atoms. The van der Waals surface area contributed by atoms with Crippen LogP contribution < -0.4 is 33.2 Å². The van der Waals surface area contributed by atoms with E-state index < -0.39 is 54.0 Å². The number of aliphatic carboxylic acids is 1. The number of nitrogens with one attached hydrogen (secondary N) is 3. The van der Waals surface area contributed by atoms with Crippen molar-refractivity contribution < 1.29 is 29.4 Å². The number of carboxylic acid groups (broad SMARTS) is 1. The molecule has 5 unspecified atom stereocenters. The number of amides is 3. The van der Waals surface area contributed by atoms with Crippen LogP contribution in [0.1, 0.15) is 33.6 Å². The molecular formula is C16H31N7O6. The lowest BCUT2D eigenvalue weighted by Gasteiger charge is -2.24. The molecule has 0 saturated heterocycles. The summed E-state index contributed by atoms with van der Waals surface area (Å²) in [5, 5.41) is 25.5. The maximum absolute atomic E-state index is 12.3. The predicted molar refractivity (Wildman–Crippen MR) is 104 cm³/mol. The number of carboxylic acids is 1. The first-order chi connectivity index (χ1) is 13.4. The number of aliphatic imine (C=N–C) groups is 1. The van der Waals surface area contributed by atoms with Crippen LogP contribution in [-0.2, 0) is 19.2 Å². The van der Waals surface area contributed by atoms with E-state index in [1.54, 1.807) is 0 Å². The molecule has 0 aliphatic carbocycles. The number of guanidine groups is 1. The lowest BCUT2D eigenvalue weighted by molar-refractivity contribution is -0.141. The normalized spacial score (nSPS) is 15.8. The Balaban J connectivity index is 4.76. The summed E-state index contributed by atoms with van der Waals surface area (Å²) in [6.07, 6.45) is -0.611. The molecule has 0 saturated carbocycles. The van der Waals surface area contributed by atoms with Gasteiger partial charge in [0.15, 0.2) is 5.96 Å². The van der Waals surface area contributed by atoms with Crippen LogP contribution in [-0.4, -0.2) is 76.7 Å². The number of hydrogen-bond acceptors (Lipinski definition) is 7. The molecule has 11 N–H and O–H groups in total. The van der Waals surface area contributed by atoms with Crippen molar-refractivity contribution in [2.75, 3.05) is 6.54 Å². The van der Waals surface area contributed by atoms with E-state index in [0.717, 1.165) is 0 Å². The van der Waals surface area contributed by atoms with Gasteiger partial charge in [-0.3, -0.25) is 24.2 Å². The standard InChI is InChI=1S/C16H31N7O6/c1-7(12(25)22-8(2)15(28)29)21-14(27)11(9(3)24)23-13(26)10(17)5-4-6-20-16(18)19/h7-11,24H,4-6,17H2,1-3H3,(H,21,27)(H,22,25)(H,23,26)(H,28,29)(H4,18,19,20). The highest BCUT2D eigenvalue weighted by atomic mass is 16.4. The van der Waals surface area contributed by atoms with Crippen molar-refractivity contribution in [2.45, 2.75) is 63.9 Å². The molecule has 0 radical (unpaired) electrons. The van der Waals surface area contributed by atoms with Gasteiger partial charge >= 0.3 is 5.97 Å². The van der Waals surface area contributed by atoms with Gasteiger partial charge in [0.05, 0.1) is 12.1 Å². The van der Waals surface area contributed by atoms with Crippen LogP contribution in [0.2, 0.25) is 0 Å². The highest BCUT2D eigenvalue weighted by Crippen LogP contribution is 2.00. The second kappa shape index (κ2) is 12.5. The second-order valence-electron chi connectivity index (χ2n) is 6.58. The summed E-state index contributed by atoms with van der Waals surface area (Å²) in [6, 6.07) is -4.57. The van der Waals surface area contributed by atoms with Gasteiger partial charge in [-0.2, -0.15) is 0 Å². The molecule has 166 valence electrons. The SMILES string of the molecule is CC(NC(=O)C(C)NC(=O)C(NC(=O)C(N)CCCN=C(N)N)C(C)O)C(=O)O. The van der Waals surface area contributed by atoms with Crippen molar-refractivity contribution in [3.8, 4) is 0 Å². The lowest BCUT2D eigenvalue weighted by Crippen LogP contribution is -2.59. The molecule has 3 amide bonds. The van der Waals surface area contributed by atoms with Gasteiger partial charge in [0.1, 0.15) is 18.1 Å². The highest BCUT2D eigenvalue weighted by Gasteiger charge is 2.30. The Bertz CT molecular complexity index is 621. The largest absolute Gasteiger partial charge is 0.480 e. The fourth-order valence-electron chi connectivity index (χ4n) is 2.08. The van der Waals surface area contributed by atoms with Crippen molar-refractivity contribution in [1.82, 2.24) is 16.0 Å². The quantitative estimate of drug-likeness (QED) is 0.0885. The molecule has 13 nitrogen and oxygen atoms in total. The Hall–Kier alpha value is -2.93. The topological polar surface area (TPSA) is 235 Å². The number of nitrogens with two attached hydrogens (primary N) is 3.